The lowest BCUT2D eigenvalue weighted by Crippen LogP contribution is -2.27. The van der Waals surface area contributed by atoms with Crippen molar-refractivity contribution in [2.75, 3.05) is 38.1 Å². The van der Waals surface area contributed by atoms with Gasteiger partial charge in [-0.3, -0.25) is 0 Å². The van der Waals surface area contributed by atoms with Gasteiger partial charge in [-0.15, -0.1) is 23.2 Å². The summed E-state index contributed by atoms with van der Waals surface area (Å²) in [5, 5.41) is 4.88. The number of halogens is 4. The molecule has 0 aliphatic carbocycles. The van der Waals surface area contributed by atoms with Gasteiger partial charge in [0.1, 0.15) is 13.2 Å². The molecule has 0 unspecified atom stereocenters. The van der Waals surface area contributed by atoms with Crippen LogP contribution in [0.25, 0.3) is 0 Å². The molecule has 116 valence electrons. The molecule has 6 nitrogen and oxygen atoms in total. The van der Waals surface area contributed by atoms with Gasteiger partial charge in [0, 0.05) is 33.8 Å². The number of alkyl halides is 2. The molecule has 0 bridgehead atoms. The quantitative estimate of drug-likeness (QED) is 0.551. The smallest absolute Gasteiger partial charge is 0.407 e. The maximum atomic E-state index is 11.2. The summed E-state index contributed by atoms with van der Waals surface area (Å²) < 4.78 is 10.9. The van der Waals surface area contributed by atoms with Crippen LogP contribution in [-0.4, -0.2) is 50.2 Å². The minimum absolute atomic E-state index is 0.00135. The third kappa shape index (κ3) is 10.6. The van der Waals surface area contributed by atoms with Crippen molar-refractivity contribution in [2.24, 2.45) is 0 Å². The van der Waals surface area contributed by atoms with Gasteiger partial charge >= 0.3 is 12.2 Å². The topological polar surface area (TPSA) is 76.7 Å². The van der Waals surface area contributed by atoms with E-state index < -0.39 is 12.2 Å². The van der Waals surface area contributed by atoms with Crippen molar-refractivity contribution in [1.82, 2.24) is 10.6 Å². The number of alkyl carbamates (subject to hydrolysis) is 2. The number of carbonyl (C=O) groups is 2. The zero-order chi connectivity index (χ0) is 15.4. The molecule has 2 amide bonds. The Morgan fingerprint density at radius 2 is 1.20 bits per heavy atom. The number of nitrogens with one attached hydrogen (secondary N) is 2. The number of hydrogen-bond donors (Lipinski definition) is 2. The molecule has 0 aliphatic rings. The van der Waals surface area contributed by atoms with E-state index in [-0.39, 0.29) is 13.2 Å². The largest absolute Gasteiger partial charge is 0.444 e. The first kappa shape index (κ1) is 19.8. The van der Waals surface area contributed by atoms with Crippen LogP contribution in [0.3, 0.4) is 0 Å². The van der Waals surface area contributed by atoms with Gasteiger partial charge in [0.2, 0.25) is 0 Å². The van der Waals surface area contributed by atoms with E-state index in [0.29, 0.717) is 33.8 Å². The van der Waals surface area contributed by atoms with E-state index in [1.165, 1.54) is 0 Å². The fourth-order valence-corrected chi connectivity index (χ4v) is 1.46. The molecular formula is C10H14Br2Cl2N2O4. The number of amides is 2. The third-order valence-corrected chi connectivity index (χ3v) is 4.01. The van der Waals surface area contributed by atoms with Gasteiger partial charge in [0.05, 0.1) is 0 Å². The molecule has 0 aromatic rings. The average Bonchev–Trinajstić information content (AvgIpc) is 2.45. The molecule has 0 saturated heterocycles. The minimum Gasteiger partial charge on any atom is -0.444 e. The van der Waals surface area contributed by atoms with Crippen molar-refractivity contribution in [1.29, 1.82) is 0 Å². The molecule has 10 heteroatoms. The maximum Gasteiger partial charge on any atom is 0.407 e. The van der Waals surface area contributed by atoms with E-state index >= 15 is 0 Å². The monoisotopic (exact) mass is 454 g/mol. The zero-order valence-electron chi connectivity index (χ0n) is 10.4. The first-order valence-corrected chi connectivity index (χ1v) is 8.13. The first-order valence-electron chi connectivity index (χ1n) is 5.47. The van der Waals surface area contributed by atoms with Gasteiger partial charge in [0.15, 0.2) is 0 Å². The lowest BCUT2D eigenvalue weighted by Gasteiger charge is -2.08. The molecule has 0 aliphatic heterocycles. The lowest BCUT2D eigenvalue weighted by atomic mass is 10.5. The Kier molecular flexibility index (Phi) is 12.4. The Labute approximate surface area is 143 Å². The molecule has 0 atom stereocenters. The highest BCUT2D eigenvalue weighted by molar-refractivity contribution is 9.14. The summed E-state index contributed by atoms with van der Waals surface area (Å²) in [6.45, 7) is 0.655. The van der Waals surface area contributed by atoms with Gasteiger partial charge < -0.3 is 20.1 Å². The van der Waals surface area contributed by atoms with Crippen LogP contribution < -0.4 is 10.6 Å². The SMILES string of the molecule is O=C(NCCCl)OCC(Br)=C(Br)COC(=O)NCCCl. The van der Waals surface area contributed by atoms with Crippen LogP contribution in [-0.2, 0) is 9.47 Å². The van der Waals surface area contributed by atoms with E-state index in [1.807, 2.05) is 0 Å². The highest BCUT2D eigenvalue weighted by atomic mass is 79.9. The molecule has 20 heavy (non-hydrogen) atoms. The normalized spacial score (nSPS) is 11.4. The van der Waals surface area contributed by atoms with Crippen LogP contribution in [0.1, 0.15) is 0 Å². The number of hydrogen-bond acceptors (Lipinski definition) is 4. The van der Waals surface area contributed by atoms with E-state index in [9.17, 15) is 9.59 Å². The molecule has 0 fully saturated rings. The van der Waals surface area contributed by atoms with Crippen molar-refractivity contribution >= 4 is 67.2 Å². The summed E-state index contributed by atoms with van der Waals surface area (Å²) in [6.07, 6.45) is -1.16. The predicted molar refractivity (Wildman–Crippen MR) is 85.0 cm³/mol. The first-order chi connectivity index (χ1) is 9.51. The molecule has 0 rings (SSSR count). The van der Waals surface area contributed by atoms with Gasteiger partial charge in [0.25, 0.3) is 0 Å². The summed E-state index contributed by atoms with van der Waals surface area (Å²) in [4.78, 5) is 22.3. The van der Waals surface area contributed by atoms with E-state index in [0.717, 1.165) is 0 Å². The van der Waals surface area contributed by atoms with E-state index in [4.69, 9.17) is 32.7 Å². The second kappa shape index (κ2) is 12.6. The van der Waals surface area contributed by atoms with Crippen LogP contribution >= 0.6 is 55.1 Å². The highest BCUT2D eigenvalue weighted by Gasteiger charge is 2.08. The number of ether oxygens (including phenoxy) is 2. The van der Waals surface area contributed by atoms with Gasteiger partial charge in [-0.2, -0.15) is 0 Å². The van der Waals surface area contributed by atoms with Gasteiger partial charge in [-0.25, -0.2) is 9.59 Å². The second-order valence-electron chi connectivity index (χ2n) is 3.19. The van der Waals surface area contributed by atoms with Gasteiger partial charge in [-0.05, 0) is 0 Å². The summed E-state index contributed by atoms with van der Waals surface area (Å²) >= 11 is 17.2. The summed E-state index contributed by atoms with van der Waals surface area (Å²) in [6, 6.07) is 0. The van der Waals surface area contributed by atoms with E-state index in [2.05, 4.69) is 42.5 Å². The van der Waals surface area contributed by atoms with Crippen LogP contribution in [0.5, 0.6) is 0 Å². The van der Waals surface area contributed by atoms with Crippen LogP contribution in [0, 0.1) is 0 Å². The summed E-state index contributed by atoms with van der Waals surface area (Å²) in [7, 11) is 0. The summed E-state index contributed by atoms with van der Waals surface area (Å²) in [5.74, 6) is 0.613. The Bertz CT molecular complexity index is 324. The Hall–Kier alpha value is -0.180. The Morgan fingerprint density at radius 1 is 0.850 bits per heavy atom. The van der Waals surface area contributed by atoms with E-state index in [1.54, 1.807) is 0 Å². The van der Waals surface area contributed by atoms with Crippen molar-refractivity contribution in [3.63, 3.8) is 0 Å². The minimum atomic E-state index is -0.580. The lowest BCUT2D eigenvalue weighted by molar-refractivity contribution is 0.153. The fraction of sp³-hybridized carbons (Fsp3) is 0.600. The highest BCUT2D eigenvalue weighted by Crippen LogP contribution is 2.18. The van der Waals surface area contributed by atoms with Gasteiger partial charge in [-0.1, -0.05) is 31.9 Å². The number of rotatable bonds is 8. The van der Waals surface area contributed by atoms with Crippen LogP contribution in [0.15, 0.2) is 8.96 Å². The molecular weight excluding hydrogens is 443 g/mol. The summed E-state index contributed by atoms with van der Waals surface area (Å²) in [5.41, 5.74) is 0. The Balaban J connectivity index is 3.99. The third-order valence-electron chi connectivity index (χ3n) is 1.68. The average molecular weight is 457 g/mol. The standard InChI is InChI=1S/C10H14Br2Cl2N2O4/c11-7(5-19-9(17)15-3-1-13)8(12)6-20-10(18)16-4-2-14/h1-6H2,(H,15,17)(H,16,18). The molecule has 0 aromatic carbocycles. The molecule has 2 N–H and O–H groups in total. The molecule has 0 aromatic heterocycles. The molecule has 0 heterocycles. The fourth-order valence-electron chi connectivity index (χ4n) is 0.815. The Morgan fingerprint density at radius 3 is 1.50 bits per heavy atom. The molecule has 0 saturated carbocycles. The molecule has 0 spiro atoms. The predicted octanol–water partition coefficient (Wildman–Crippen LogP) is 2.92. The zero-order valence-corrected chi connectivity index (χ0v) is 15.1. The molecule has 0 radical (unpaired) electrons. The second-order valence-corrected chi connectivity index (χ2v) is 5.86. The van der Waals surface area contributed by atoms with Crippen molar-refractivity contribution < 1.29 is 19.1 Å². The van der Waals surface area contributed by atoms with Crippen molar-refractivity contribution in [2.45, 2.75) is 0 Å². The van der Waals surface area contributed by atoms with Crippen LogP contribution in [0.4, 0.5) is 9.59 Å². The van der Waals surface area contributed by atoms with Crippen molar-refractivity contribution in [3.05, 3.63) is 8.96 Å². The maximum absolute atomic E-state index is 11.2. The number of carbonyl (C=O) groups excluding carboxylic acids is 2. The van der Waals surface area contributed by atoms with Crippen LogP contribution in [0.2, 0.25) is 0 Å². The van der Waals surface area contributed by atoms with Crippen molar-refractivity contribution in [3.8, 4) is 0 Å².